The normalized spacial score (nSPS) is 14.4. The second-order valence-corrected chi connectivity index (χ2v) is 19.1. The SMILES string of the molecule is Cc1cc(-c2cccc3c2-c2ccccc2CC3CCc2ccccc2)cc(C)c1N(c1ccc(-c2ccccc2)cc1)c1cccc2c1-c1ccccc1C21c2ccccc2-c2ccccc21. The minimum atomic E-state index is -0.437. The lowest BCUT2D eigenvalue weighted by molar-refractivity contribution is 0.616. The van der Waals surface area contributed by atoms with Gasteiger partial charge in [-0.15, -0.1) is 0 Å². The summed E-state index contributed by atoms with van der Waals surface area (Å²) in [6, 6.07) is 86.5. The average molecular weight is 870 g/mol. The third-order valence-corrected chi connectivity index (χ3v) is 15.4. The number of hydrogen-bond donors (Lipinski definition) is 0. The third kappa shape index (κ3) is 6.15. The Balaban J connectivity index is 1.00. The van der Waals surface area contributed by atoms with Crippen molar-refractivity contribution in [2.75, 3.05) is 4.90 Å². The lowest BCUT2D eigenvalue weighted by atomic mass is 9.70. The van der Waals surface area contributed by atoms with Crippen molar-refractivity contribution in [2.24, 2.45) is 0 Å². The van der Waals surface area contributed by atoms with E-state index in [2.05, 4.69) is 249 Å². The molecule has 0 heterocycles. The van der Waals surface area contributed by atoms with Crippen LogP contribution in [0.1, 0.15) is 62.4 Å². The van der Waals surface area contributed by atoms with E-state index in [1.54, 1.807) is 0 Å². The molecular weight excluding hydrogens is 819 g/mol. The van der Waals surface area contributed by atoms with Gasteiger partial charge in [-0.2, -0.15) is 0 Å². The van der Waals surface area contributed by atoms with Crippen LogP contribution >= 0.6 is 0 Å². The first-order valence-electron chi connectivity index (χ1n) is 24.3. The molecule has 0 saturated carbocycles. The van der Waals surface area contributed by atoms with Crippen LogP contribution in [0, 0.1) is 13.8 Å². The maximum absolute atomic E-state index is 2.57. The van der Waals surface area contributed by atoms with Crippen LogP contribution in [-0.2, 0) is 18.3 Å². The van der Waals surface area contributed by atoms with E-state index in [0.717, 1.165) is 24.9 Å². The minimum Gasteiger partial charge on any atom is -0.309 e. The number of benzene rings is 10. The Hall–Kier alpha value is -8.00. The molecule has 0 aliphatic heterocycles. The molecule has 3 aliphatic rings. The molecule has 13 rings (SSSR count). The zero-order valence-corrected chi connectivity index (χ0v) is 38.6. The minimum absolute atomic E-state index is 0.437. The number of aryl methyl sites for hydroxylation is 3. The van der Waals surface area contributed by atoms with E-state index >= 15 is 0 Å². The van der Waals surface area contributed by atoms with Crippen LogP contribution < -0.4 is 4.90 Å². The van der Waals surface area contributed by atoms with E-state index < -0.39 is 5.41 Å². The maximum atomic E-state index is 2.57. The highest BCUT2D eigenvalue weighted by Gasteiger charge is 2.52. The lowest BCUT2D eigenvalue weighted by Crippen LogP contribution is -2.26. The van der Waals surface area contributed by atoms with Crippen LogP contribution in [0.4, 0.5) is 17.1 Å². The van der Waals surface area contributed by atoms with Gasteiger partial charge >= 0.3 is 0 Å². The zero-order valence-electron chi connectivity index (χ0n) is 38.6. The van der Waals surface area contributed by atoms with Crippen molar-refractivity contribution < 1.29 is 0 Å². The maximum Gasteiger partial charge on any atom is 0.0726 e. The Morgan fingerprint density at radius 2 is 0.956 bits per heavy atom. The van der Waals surface area contributed by atoms with Gasteiger partial charge in [0.05, 0.1) is 16.8 Å². The molecular formula is C67H51N. The summed E-state index contributed by atoms with van der Waals surface area (Å²) in [4.78, 5) is 2.57. The molecule has 10 aromatic rings. The molecule has 0 amide bonds. The quantitative estimate of drug-likeness (QED) is 0.147. The van der Waals surface area contributed by atoms with Crippen LogP contribution in [-0.4, -0.2) is 0 Å². The van der Waals surface area contributed by atoms with Crippen molar-refractivity contribution in [1.29, 1.82) is 0 Å². The first-order chi connectivity index (χ1) is 33.6. The van der Waals surface area contributed by atoms with Crippen molar-refractivity contribution in [2.45, 2.75) is 44.4 Å². The molecule has 3 aliphatic carbocycles. The average Bonchev–Trinajstić information content (AvgIpc) is 3.87. The Morgan fingerprint density at radius 1 is 0.426 bits per heavy atom. The fourth-order valence-electron chi connectivity index (χ4n) is 12.6. The molecule has 1 nitrogen and oxygen atoms in total. The molecule has 0 radical (unpaired) electrons. The summed E-state index contributed by atoms with van der Waals surface area (Å²) in [5, 5.41) is 0. The topological polar surface area (TPSA) is 3.24 Å². The van der Waals surface area contributed by atoms with E-state index in [4.69, 9.17) is 0 Å². The number of hydrogen-bond acceptors (Lipinski definition) is 1. The van der Waals surface area contributed by atoms with Crippen LogP contribution in [0.25, 0.3) is 55.6 Å². The highest BCUT2D eigenvalue weighted by Crippen LogP contribution is 2.65. The largest absolute Gasteiger partial charge is 0.309 e. The molecule has 0 aromatic heterocycles. The van der Waals surface area contributed by atoms with Crippen LogP contribution in [0.3, 0.4) is 0 Å². The monoisotopic (exact) mass is 869 g/mol. The summed E-state index contributed by atoms with van der Waals surface area (Å²) in [6.07, 6.45) is 3.25. The van der Waals surface area contributed by atoms with Gasteiger partial charge in [0, 0.05) is 11.3 Å². The fourth-order valence-corrected chi connectivity index (χ4v) is 12.6. The molecule has 10 aromatic carbocycles. The molecule has 0 saturated heterocycles. The van der Waals surface area contributed by atoms with Crippen molar-refractivity contribution in [3.05, 3.63) is 281 Å². The van der Waals surface area contributed by atoms with Crippen molar-refractivity contribution in [3.63, 3.8) is 0 Å². The third-order valence-electron chi connectivity index (χ3n) is 15.4. The Kier molecular flexibility index (Phi) is 9.54. The van der Waals surface area contributed by atoms with E-state index in [1.807, 2.05) is 0 Å². The molecule has 68 heavy (non-hydrogen) atoms. The van der Waals surface area contributed by atoms with E-state index in [9.17, 15) is 0 Å². The molecule has 1 atom stereocenters. The van der Waals surface area contributed by atoms with Crippen LogP contribution in [0.15, 0.2) is 231 Å². The number of nitrogens with zero attached hydrogens (tertiary/aromatic N) is 1. The standard InChI is InChI=1S/C67H51N/c1-44-41-51(55-29-17-28-54-50(36-35-46-19-5-3-6-20-46)43-49-23-9-10-24-53(49)64(54)55)42-45(2)66(44)68(52-39-37-48(38-40-52)47-21-7-4-8-22-47)63-34-18-33-62-65(63)58-27-13-16-32-61(58)67(62)59-30-14-11-25-56(59)57-26-12-15-31-60(57)67/h3-34,37-42,50H,35-36,43H2,1-2H3. The molecule has 0 fully saturated rings. The summed E-state index contributed by atoms with van der Waals surface area (Å²) in [5.74, 6) is 0.445. The first-order valence-corrected chi connectivity index (χ1v) is 24.3. The molecule has 1 unspecified atom stereocenters. The highest BCUT2D eigenvalue weighted by atomic mass is 15.1. The second-order valence-electron chi connectivity index (χ2n) is 19.1. The smallest absolute Gasteiger partial charge is 0.0726 e. The van der Waals surface area contributed by atoms with Crippen molar-refractivity contribution in [3.8, 4) is 55.6 Å². The highest BCUT2D eigenvalue weighted by molar-refractivity contribution is 6.02. The number of anilines is 3. The Morgan fingerprint density at radius 3 is 1.65 bits per heavy atom. The first kappa shape index (κ1) is 40.3. The zero-order chi connectivity index (χ0) is 45.3. The molecule has 1 spiro atoms. The van der Waals surface area contributed by atoms with Gasteiger partial charge in [-0.25, -0.2) is 0 Å². The van der Waals surface area contributed by atoms with Crippen molar-refractivity contribution in [1.82, 2.24) is 0 Å². The van der Waals surface area contributed by atoms with Gasteiger partial charge in [0.2, 0.25) is 0 Å². The van der Waals surface area contributed by atoms with Gasteiger partial charge in [-0.1, -0.05) is 200 Å². The molecule has 1 heteroatoms. The van der Waals surface area contributed by atoms with E-state index in [1.165, 1.54) is 117 Å². The van der Waals surface area contributed by atoms with Gasteiger partial charge in [0.1, 0.15) is 0 Å². The van der Waals surface area contributed by atoms with E-state index in [-0.39, 0.29) is 0 Å². The summed E-state index contributed by atoms with van der Waals surface area (Å²) in [7, 11) is 0. The van der Waals surface area contributed by atoms with Gasteiger partial charge in [-0.05, 0) is 170 Å². The summed E-state index contributed by atoms with van der Waals surface area (Å²) < 4.78 is 0. The molecule has 0 bridgehead atoms. The number of rotatable bonds is 8. The molecule has 324 valence electrons. The van der Waals surface area contributed by atoms with Gasteiger partial charge in [-0.3, -0.25) is 0 Å². The van der Waals surface area contributed by atoms with Gasteiger partial charge in [0.25, 0.3) is 0 Å². The van der Waals surface area contributed by atoms with Crippen LogP contribution in [0.2, 0.25) is 0 Å². The summed E-state index contributed by atoms with van der Waals surface area (Å²) >= 11 is 0. The summed E-state index contributed by atoms with van der Waals surface area (Å²) in [6.45, 7) is 4.65. The van der Waals surface area contributed by atoms with Crippen molar-refractivity contribution >= 4 is 17.1 Å². The van der Waals surface area contributed by atoms with E-state index in [0.29, 0.717) is 5.92 Å². The second kappa shape index (κ2) is 16.1. The number of fused-ring (bicyclic) bond motifs is 13. The van der Waals surface area contributed by atoms with Gasteiger partial charge < -0.3 is 4.90 Å². The Labute approximate surface area is 400 Å². The van der Waals surface area contributed by atoms with Gasteiger partial charge in [0.15, 0.2) is 0 Å². The predicted octanol–water partition coefficient (Wildman–Crippen LogP) is 17.4. The Bertz CT molecular complexity index is 3490. The predicted molar refractivity (Wildman–Crippen MR) is 284 cm³/mol. The lowest BCUT2D eigenvalue weighted by Gasteiger charge is -2.33. The molecule has 0 N–H and O–H groups in total. The summed E-state index contributed by atoms with van der Waals surface area (Å²) in [5.41, 5.74) is 28.3. The van der Waals surface area contributed by atoms with Crippen LogP contribution in [0.5, 0.6) is 0 Å². The fraction of sp³-hybridized carbons (Fsp3) is 0.104.